The molecule has 2 aromatic carbocycles. The second-order valence-electron chi connectivity index (χ2n) is 10.1. The number of hydrogen-bond acceptors (Lipinski definition) is 4. The van der Waals surface area contributed by atoms with Crippen LogP contribution >= 0.6 is 0 Å². The lowest BCUT2D eigenvalue weighted by atomic mass is 9.55. The van der Waals surface area contributed by atoms with Gasteiger partial charge in [0.1, 0.15) is 5.03 Å². The minimum absolute atomic E-state index is 0.0144. The molecule has 1 atom stereocenters. The van der Waals surface area contributed by atoms with Gasteiger partial charge in [0.2, 0.25) is 0 Å². The van der Waals surface area contributed by atoms with Crippen molar-refractivity contribution in [3.05, 3.63) is 94.7 Å². The molecule has 176 valence electrons. The van der Waals surface area contributed by atoms with E-state index in [4.69, 9.17) is 0 Å². The van der Waals surface area contributed by atoms with Crippen molar-refractivity contribution in [2.45, 2.75) is 54.6 Å². The summed E-state index contributed by atoms with van der Waals surface area (Å²) in [4.78, 5) is 6.93. The summed E-state index contributed by atoms with van der Waals surface area (Å²) in [5, 5.41) is 12.2. The second kappa shape index (κ2) is 8.40. The first-order chi connectivity index (χ1) is 16.6. The topological polar surface area (TPSA) is 53.4 Å². The van der Waals surface area contributed by atoms with Gasteiger partial charge in [-0.2, -0.15) is 0 Å². The molecule has 4 nitrogen and oxygen atoms in total. The summed E-state index contributed by atoms with van der Waals surface area (Å²) < 4.78 is 12.6. The number of pyridine rings is 1. The van der Waals surface area contributed by atoms with E-state index in [0.717, 1.165) is 25.2 Å². The molecule has 1 saturated heterocycles. The number of benzene rings is 2. The molecule has 5 heteroatoms. The predicted octanol–water partition coefficient (Wildman–Crippen LogP) is 4.72. The van der Waals surface area contributed by atoms with Crippen molar-refractivity contribution in [2.75, 3.05) is 25.4 Å². The quantitative estimate of drug-likeness (QED) is 0.584. The van der Waals surface area contributed by atoms with Crippen LogP contribution in [0.1, 0.15) is 66.3 Å². The van der Waals surface area contributed by atoms with Crippen LogP contribution in [-0.2, 0) is 21.8 Å². The van der Waals surface area contributed by atoms with Crippen molar-refractivity contribution in [2.24, 2.45) is 0 Å². The number of fused-ring (bicyclic) bond motifs is 1. The highest BCUT2D eigenvalue weighted by molar-refractivity contribution is 7.85. The molecule has 3 aliphatic carbocycles. The van der Waals surface area contributed by atoms with Crippen molar-refractivity contribution in [1.82, 2.24) is 9.88 Å². The van der Waals surface area contributed by atoms with Crippen LogP contribution in [-0.4, -0.2) is 44.6 Å². The van der Waals surface area contributed by atoms with E-state index in [2.05, 4.69) is 58.4 Å². The first kappa shape index (κ1) is 22.1. The molecule has 0 spiro atoms. The predicted molar refractivity (Wildman–Crippen MR) is 135 cm³/mol. The number of rotatable bonds is 5. The third kappa shape index (κ3) is 3.32. The molecule has 0 amide bonds. The zero-order valence-electron chi connectivity index (χ0n) is 19.7. The van der Waals surface area contributed by atoms with Crippen LogP contribution in [0.4, 0.5) is 0 Å². The summed E-state index contributed by atoms with van der Waals surface area (Å²) in [5.41, 5.74) is 5.80. The summed E-state index contributed by atoms with van der Waals surface area (Å²) in [5.74, 6) is 1.03. The number of aliphatic hydroxyl groups is 1. The summed E-state index contributed by atoms with van der Waals surface area (Å²) in [6.07, 6.45) is 5.32. The molecule has 0 radical (unpaired) electrons. The second-order valence-corrected chi connectivity index (χ2v) is 11.8. The number of hydrogen-bond donors (Lipinski definition) is 1. The Morgan fingerprint density at radius 1 is 0.941 bits per heavy atom. The summed E-state index contributed by atoms with van der Waals surface area (Å²) in [6.45, 7) is 4.51. The fourth-order valence-electron chi connectivity index (χ4n) is 6.80. The maximum absolute atomic E-state index is 12.6. The van der Waals surface area contributed by atoms with Gasteiger partial charge in [-0.3, -0.25) is 4.21 Å². The van der Waals surface area contributed by atoms with Crippen LogP contribution in [0.25, 0.3) is 0 Å². The molecule has 7 rings (SSSR count). The lowest BCUT2D eigenvalue weighted by Crippen LogP contribution is -2.52. The van der Waals surface area contributed by atoms with Gasteiger partial charge in [-0.05, 0) is 54.0 Å². The van der Waals surface area contributed by atoms with Crippen molar-refractivity contribution in [3.8, 4) is 0 Å². The van der Waals surface area contributed by atoms with Gasteiger partial charge in [0.15, 0.2) is 0 Å². The first-order valence-corrected chi connectivity index (χ1v) is 13.8. The van der Waals surface area contributed by atoms with Gasteiger partial charge in [-0.1, -0.05) is 61.5 Å². The molecular weight excluding hydrogens is 440 g/mol. The molecule has 1 N–H and O–H groups in total. The molecular formula is C29H32N2O2S. The van der Waals surface area contributed by atoms with Crippen molar-refractivity contribution >= 4 is 10.8 Å². The molecule has 4 aliphatic rings. The Morgan fingerprint density at radius 2 is 1.56 bits per heavy atom. The Morgan fingerprint density at radius 3 is 2.21 bits per heavy atom. The van der Waals surface area contributed by atoms with E-state index in [1.807, 2.05) is 19.1 Å². The maximum Gasteiger partial charge on any atom is 0.133 e. The standard InChI is InChI=1S/C29H32N2O2S/c1-2-34(33)27-26(12-7-17-30-27)29(32)15-18-31(19-16-29)20-28-14-13-21(22-8-3-5-10-24(22)28)23-9-4-6-11-25(23)28/h3-12,17,21,32H,2,13-16,18-20H2,1H3. The SMILES string of the molecule is CCS(=O)c1ncccc1C1(O)CCN(CC23CCC(c4ccccc42)c2ccccc23)CC1. The Bertz CT molecular complexity index is 1200. The zero-order valence-corrected chi connectivity index (χ0v) is 20.6. The van der Waals surface area contributed by atoms with Crippen LogP contribution < -0.4 is 0 Å². The molecule has 34 heavy (non-hydrogen) atoms. The van der Waals surface area contributed by atoms with Crippen LogP contribution in [0, 0.1) is 0 Å². The minimum Gasteiger partial charge on any atom is -0.385 e. The number of piperidine rings is 1. The molecule has 1 unspecified atom stereocenters. The van der Waals surface area contributed by atoms with Gasteiger partial charge in [0.05, 0.1) is 16.4 Å². The van der Waals surface area contributed by atoms with E-state index < -0.39 is 16.4 Å². The molecule has 0 saturated carbocycles. The average molecular weight is 473 g/mol. The average Bonchev–Trinajstić information content (AvgIpc) is 2.90. The number of aromatic nitrogens is 1. The normalized spacial score (nSPS) is 26.0. The van der Waals surface area contributed by atoms with E-state index in [1.165, 1.54) is 35.1 Å². The highest BCUT2D eigenvalue weighted by atomic mass is 32.2. The highest BCUT2D eigenvalue weighted by Gasteiger charge is 2.49. The highest BCUT2D eigenvalue weighted by Crippen LogP contribution is 2.56. The van der Waals surface area contributed by atoms with Gasteiger partial charge < -0.3 is 10.0 Å². The third-order valence-electron chi connectivity index (χ3n) is 8.49. The Labute approximate surface area is 204 Å². The first-order valence-electron chi connectivity index (χ1n) is 12.5. The van der Waals surface area contributed by atoms with E-state index in [-0.39, 0.29) is 5.41 Å². The van der Waals surface area contributed by atoms with Gasteiger partial charge in [-0.25, -0.2) is 4.98 Å². The van der Waals surface area contributed by atoms with E-state index in [1.54, 1.807) is 6.20 Å². The fraction of sp³-hybridized carbons (Fsp3) is 0.414. The lowest BCUT2D eigenvalue weighted by molar-refractivity contribution is -0.0324. The van der Waals surface area contributed by atoms with Crippen LogP contribution in [0.5, 0.6) is 0 Å². The van der Waals surface area contributed by atoms with E-state index >= 15 is 0 Å². The van der Waals surface area contributed by atoms with Gasteiger partial charge in [-0.15, -0.1) is 0 Å². The maximum atomic E-state index is 12.6. The molecule has 2 bridgehead atoms. The molecule has 1 fully saturated rings. The fourth-order valence-corrected chi connectivity index (χ4v) is 7.76. The minimum atomic E-state index is -1.18. The largest absolute Gasteiger partial charge is 0.385 e. The van der Waals surface area contributed by atoms with Crippen LogP contribution in [0.15, 0.2) is 71.9 Å². The summed E-state index contributed by atoms with van der Waals surface area (Å²) in [6, 6.07) is 21.9. The van der Waals surface area contributed by atoms with Crippen molar-refractivity contribution < 1.29 is 9.32 Å². The van der Waals surface area contributed by atoms with E-state index in [0.29, 0.717) is 29.5 Å². The smallest absolute Gasteiger partial charge is 0.133 e. The van der Waals surface area contributed by atoms with Crippen molar-refractivity contribution in [1.29, 1.82) is 0 Å². The Balaban J connectivity index is 1.29. The Kier molecular flexibility index (Phi) is 5.47. The number of nitrogens with zero attached hydrogens (tertiary/aromatic N) is 2. The third-order valence-corrected chi connectivity index (χ3v) is 9.77. The van der Waals surface area contributed by atoms with Gasteiger partial charge >= 0.3 is 0 Å². The molecule has 2 heterocycles. The monoisotopic (exact) mass is 472 g/mol. The van der Waals surface area contributed by atoms with Crippen molar-refractivity contribution in [3.63, 3.8) is 0 Å². The Hall–Kier alpha value is -2.34. The summed E-state index contributed by atoms with van der Waals surface area (Å²) in [7, 11) is -1.18. The molecule has 3 aromatic rings. The molecule has 1 aromatic heterocycles. The zero-order chi connectivity index (χ0) is 23.3. The van der Waals surface area contributed by atoms with Crippen LogP contribution in [0.3, 0.4) is 0 Å². The molecule has 1 aliphatic heterocycles. The van der Waals surface area contributed by atoms with E-state index in [9.17, 15) is 9.32 Å². The van der Waals surface area contributed by atoms with Crippen LogP contribution in [0.2, 0.25) is 0 Å². The summed E-state index contributed by atoms with van der Waals surface area (Å²) >= 11 is 0. The lowest BCUT2D eigenvalue weighted by Gasteiger charge is -2.52. The number of likely N-dealkylation sites (tertiary alicyclic amines) is 1. The van der Waals surface area contributed by atoms with Gasteiger partial charge in [0.25, 0.3) is 0 Å². The van der Waals surface area contributed by atoms with Gasteiger partial charge in [0, 0.05) is 48.5 Å².